The van der Waals surface area contributed by atoms with Crippen molar-refractivity contribution in [1.29, 1.82) is 0 Å². The Morgan fingerprint density at radius 1 is 0.944 bits per heavy atom. The molecule has 2 aromatic rings. The number of hydrogen-bond acceptors (Lipinski definition) is 8. The zero-order chi connectivity index (χ0) is 38.7. The Morgan fingerprint density at radius 2 is 1.67 bits per heavy atom. The lowest BCUT2D eigenvalue weighted by atomic mass is 9.81. The third kappa shape index (κ3) is 14.4. The molecule has 1 saturated carbocycles. The van der Waals surface area contributed by atoms with Gasteiger partial charge in [0.05, 0.1) is 42.6 Å². The summed E-state index contributed by atoms with van der Waals surface area (Å²) in [6.45, 7) is 7.79. The van der Waals surface area contributed by atoms with Gasteiger partial charge in [-0.1, -0.05) is 102 Å². The number of pyridine rings is 1. The van der Waals surface area contributed by atoms with Crippen molar-refractivity contribution in [3.8, 4) is 0 Å². The number of aliphatic hydroxyl groups is 1. The third-order valence-electron chi connectivity index (χ3n) is 11.2. The topological polar surface area (TPSA) is 142 Å². The van der Waals surface area contributed by atoms with Gasteiger partial charge in [-0.2, -0.15) is 0 Å². The summed E-state index contributed by atoms with van der Waals surface area (Å²) >= 11 is 0. The van der Waals surface area contributed by atoms with Crippen molar-refractivity contribution in [1.82, 2.24) is 25.8 Å². The second-order valence-corrected chi connectivity index (χ2v) is 15.7. The van der Waals surface area contributed by atoms with Gasteiger partial charge in [-0.05, 0) is 68.1 Å². The minimum atomic E-state index is -0.918. The van der Waals surface area contributed by atoms with Crippen LogP contribution in [-0.4, -0.2) is 90.0 Å². The molecule has 54 heavy (non-hydrogen) atoms. The van der Waals surface area contributed by atoms with Crippen LogP contribution in [0.2, 0.25) is 0 Å². The molecule has 0 spiro atoms. The Labute approximate surface area is 323 Å². The molecule has 1 saturated heterocycles. The van der Waals surface area contributed by atoms with E-state index in [1.807, 2.05) is 67.3 Å². The van der Waals surface area contributed by atoms with E-state index < -0.39 is 30.1 Å². The quantitative estimate of drug-likeness (QED) is 0.115. The van der Waals surface area contributed by atoms with E-state index in [9.17, 15) is 19.5 Å². The molecule has 2 fully saturated rings. The molecule has 11 heteroatoms. The maximum absolute atomic E-state index is 14.4. The van der Waals surface area contributed by atoms with E-state index >= 15 is 0 Å². The first-order chi connectivity index (χ1) is 26.2. The Kier molecular flexibility index (Phi) is 18.9. The number of aromatic nitrogens is 1. The van der Waals surface area contributed by atoms with Gasteiger partial charge in [0.1, 0.15) is 6.79 Å². The average Bonchev–Trinajstić information content (AvgIpc) is 3.19. The van der Waals surface area contributed by atoms with Crippen LogP contribution in [0.4, 0.5) is 0 Å². The van der Waals surface area contributed by atoms with E-state index in [1.54, 1.807) is 13.3 Å². The van der Waals surface area contributed by atoms with Gasteiger partial charge in [-0.15, -0.1) is 0 Å². The van der Waals surface area contributed by atoms with Crippen molar-refractivity contribution in [2.75, 3.05) is 27.0 Å². The van der Waals surface area contributed by atoms with Crippen LogP contribution in [0.15, 0.2) is 54.7 Å². The van der Waals surface area contributed by atoms with Crippen LogP contribution in [0.5, 0.6) is 0 Å². The highest BCUT2D eigenvalue weighted by atomic mass is 16.7. The van der Waals surface area contributed by atoms with Crippen molar-refractivity contribution in [2.45, 2.75) is 141 Å². The standard InChI is InChI=1S/C43H67N5O6/c1-5-6-20-37(46-39(27-33-17-11-8-12-18-33)43(52)48-24-21-35(22-25-48)54-30-53-4)42(51)47-38(26-32-15-9-7-10-16-32)40(49)28-36(31(2)3)41(50)45-29-34-19-13-14-23-44-34/h8,11-14,17-19,23,31-32,35-40,46,49H,5-7,9-10,15-16,20-22,24-30H2,1-4H3,(H,45,50)(H,47,51)/t36-,37-,38-,39?,40-/m0/s1. The highest BCUT2D eigenvalue weighted by molar-refractivity contribution is 5.86. The lowest BCUT2D eigenvalue weighted by molar-refractivity contribution is -0.139. The first-order valence-electron chi connectivity index (χ1n) is 20.5. The molecule has 4 rings (SSSR count). The number of nitrogens with zero attached hydrogens (tertiary/aromatic N) is 2. The molecule has 1 aliphatic carbocycles. The molecular formula is C43H67N5O6. The summed E-state index contributed by atoms with van der Waals surface area (Å²) in [5, 5.41) is 21.7. The van der Waals surface area contributed by atoms with Crippen LogP contribution in [0.3, 0.4) is 0 Å². The number of ether oxygens (including phenoxy) is 2. The SMILES string of the molecule is CCCC[C@H](NC(Cc1ccccc1)C(=O)N1CCC(OCOC)CC1)C(=O)N[C@@H](CC1CCCCC1)[C@@H](O)C[C@H](C(=O)NCc1ccccn1)C(C)C. The van der Waals surface area contributed by atoms with Crippen LogP contribution in [0.25, 0.3) is 0 Å². The van der Waals surface area contributed by atoms with Crippen molar-refractivity contribution in [3.63, 3.8) is 0 Å². The fraction of sp³-hybridized carbons (Fsp3) is 0.674. The van der Waals surface area contributed by atoms with Crippen LogP contribution in [0, 0.1) is 17.8 Å². The summed E-state index contributed by atoms with van der Waals surface area (Å²) in [7, 11) is 1.61. The van der Waals surface area contributed by atoms with E-state index in [4.69, 9.17) is 9.47 Å². The molecule has 1 aromatic heterocycles. The summed E-state index contributed by atoms with van der Waals surface area (Å²) in [4.78, 5) is 48.4. The zero-order valence-corrected chi connectivity index (χ0v) is 33.2. The van der Waals surface area contributed by atoms with Crippen LogP contribution in [0.1, 0.15) is 109 Å². The highest BCUT2D eigenvalue weighted by Crippen LogP contribution is 2.30. The molecule has 2 aliphatic rings. The summed E-state index contributed by atoms with van der Waals surface area (Å²) in [5.41, 5.74) is 1.79. The number of likely N-dealkylation sites (tertiary alicyclic amines) is 1. The second-order valence-electron chi connectivity index (χ2n) is 15.7. The van der Waals surface area contributed by atoms with Gasteiger partial charge >= 0.3 is 0 Å². The number of unbranched alkanes of at least 4 members (excludes halogenated alkanes) is 1. The largest absolute Gasteiger partial charge is 0.391 e. The van der Waals surface area contributed by atoms with Gasteiger partial charge in [0.15, 0.2) is 0 Å². The molecule has 1 unspecified atom stereocenters. The van der Waals surface area contributed by atoms with E-state index in [1.165, 1.54) is 6.42 Å². The number of amides is 3. The van der Waals surface area contributed by atoms with Crippen molar-refractivity contribution < 1.29 is 29.0 Å². The number of carbonyl (C=O) groups is 3. The molecule has 11 nitrogen and oxygen atoms in total. The molecule has 0 bridgehead atoms. The zero-order valence-electron chi connectivity index (χ0n) is 33.2. The van der Waals surface area contributed by atoms with E-state index in [0.29, 0.717) is 44.8 Å². The normalized spacial score (nSPS) is 18.4. The minimum Gasteiger partial charge on any atom is -0.391 e. The van der Waals surface area contributed by atoms with Crippen LogP contribution >= 0.6 is 0 Å². The number of hydrogen-bond donors (Lipinski definition) is 4. The molecule has 5 atom stereocenters. The number of benzene rings is 1. The van der Waals surface area contributed by atoms with E-state index in [2.05, 4.69) is 27.9 Å². The molecule has 0 radical (unpaired) electrons. The Balaban J connectivity index is 1.50. The van der Waals surface area contributed by atoms with Gasteiger partial charge < -0.3 is 30.1 Å². The van der Waals surface area contributed by atoms with E-state index in [-0.39, 0.29) is 43.0 Å². The first kappa shape index (κ1) is 43.3. The Bertz CT molecular complexity index is 1370. The summed E-state index contributed by atoms with van der Waals surface area (Å²) in [6, 6.07) is 13.8. The molecule has 300 valence electrons. The average molecular weight is 750 g/mol. The highest BCUT2D eigenvalue weighted by Gasteiger charge is 2.35. The Hall–Kier alpha value is -3.38. The summed E-state index contributed by atoms with van der Waals surface area (Å²) < 4.78 is 10.9. The number of piperidine rings is 1. The maximum Gasteiger partial charge on any atom is 0.240 e. The summed E-state index contributed by atoms with van der Waals surface area (Å²) in [5.74, 6) is -0.429. The third-order valence-corrected chi connectivity index (χ3v) is 11.2. The van der Waals surface area contributed by atoms with Gasteiger partial charge in [0.2, 0.25) is 17.7 Å². The monoisotopic (exact) mass is 750 g/mol. The van der Waals surface area contributed by atoms with Crippen LogP contribution < -0.4 is 16.0 Å². The summed E-state index contributed by atoms with van der Waals surface area (Å²) in [6.07, 6.45) is 11.5. The van der Waals surface area contributed by atoms with E-state index in [0.717, 1.165) is 62.6 Å². The molecule has 3 amide bonds. The van der Waals surface area contributed by atoms with Crippen LogP contribution in [-0.2, 0) is 36.8 Å². The van der Waals surface area contributed by atoms with Crippen molar-refractivity contribution >= 4 is 17.7 Å². The van der Waals surface area contributed by atoms with Crippen molar-refractivity contribution in [2.24, 2.45) is 17.8 Å². The fourth-order valence-electron chi connectivity index (χ4n) is 7.93. The van der Waals surface area contributed by atoms with Gasteiger partial charge in [-0.25, -0.2) is 0 Å². The number of carbonyl (C=O) groups excluding carboxylic acids is 3. The lowest BCUT2D eigenvalue weighted by Gasteiger charge is -2.36. The number of aliphatic hydroxyl groups excluding tert-OH is 1. The predicted molar refractivity (Wildman–Crippen MR) is 211 cm³/mol. The smallest absolute Gasteiger partial charge is 0.240 e. The van der Waals surface area contributed by atoms with Gasteiger partial charge in [-0.3, -0.25) is 24.7 Å². The number of rotatable bonds is 22. The first-order valence-corrected chi connectivity index (χ1v) is 20.5. The molecule has 1 aliphatic heterocycles. The molecule has 1 aromatic carbocycles. The number of methoxy groups -OCH3 is 1. The molecule has 2 heterocycles. The lowest BCUT2D eigenvalue weighted by Crippen LogP contribution is -2.58. The molecular weight excluding hydrogens is 683 g/mol. The van der Waals surface area contributed by atoms with Gasteiger partial charge in [0.25, 0.3) is 0 Å². The maximum atomic E-state index is 14.4. The number of nitrogens with one attached hydrogen (secondary N) is 3. The van der Waals surface area contributed by atoms with Gasteiger partial charge in [0, 0.05) is 32.3 Å². The van der Waals surface area contributed by atoms with Crippen molar-refractivity contribution in [3.05, 3.63) is 66.0 Å². The Morgan fingerprint density at radius 3 is 2.31 bits per heavy atom. The second kappa shape index (κ2) is 23.5. The predicted octanol–water partition coefficient (Wildman–Crippen LogP) is 5.55. The minimum absolute atomic E-state index is 0.0188. The fourth-order valence-corrected chi connectivity index (χ4v) is 7.93. The molecule has 4 N–H and O–H groups in total.